The predicted molar refractivity (Wildman–Crippen MR) is 43.5 cm³/mol. The van der Waals surface area contributed by atoms with Crippen molar-refractivity contribution in [1.29, 1.82) is 0 Å². The Hall–Kier alpha value is -1.43. The van der Waals surface area contributed by atoms with Crippen molar-refractivity contribution in [3.05, 3.63) is 11.4 Å². The number of aromatic amines is 1. The summed E-state index contributed by atoms with van der Waals surface area (Å²) in [7, 11) is 0. The number of hydrogen-bond acceptors (Lipinski definition) is 4. The van der Waals surface area contributed by atoms with E-state index in [0.29, 0.717) is 25.3 Å². The Labute approximate surface area is 74.9 Å². The van der Waals surface area contributed by atoms with E-state index in [1.807, 2.05) is 6.92 Å². The van der Waals surface area contributed by atoms with Crippen molar-refractivity contribution in [3.8, 4) is 0 Å². The summed E-state index contributed by atoms with van der Waals surface area (Å²) in [5.41, 5.74) is 0.403. The lowest BCUT2D eigenvalue weighted by atomic mass is 10.2. The van der Waals surface area contributed by atoms with Crippen LogP contribution < -0.4 is 0 Å². The highest BCUT2D eigenvalue weighted by molar-refractivity contribution is 5.86. The van der Waals surface area contributed by atoms with Gasteiger partial charge >= 0.3 is 5.97 Å². The second-order valence-corrected chi connectivity index (χ2v) is 2.37. The highest BCUT2D eigenvalue weighted by atomic mass is 16.5. The van der Waals surface area contributed by atoms with Crippen LogP contribution in [0.2, 0.25) is 0 Å². The van der Waals surface area contributed by atoms with Crippen LogP contribution in [0, 0.1) is 0 Å². The summed E-state index contributed by atoms with van der Waals surface area (Å²) < 4.78 is 5.07. The predicted octanol–water partition coefficient (Wildman–Crippen LogP) is 0.0819. The molecule has 0 spiro atoms. The molecule has 72 valence electrons. The number of nitrogens with zero attached hydrogens (tertiary/aromatic N) is 2. The summed E-state index contributed by atoms with van der Waals surface area (Å²) >= 11 is 0. The molecule has 0 saturated heterocycles. The topological polar surface area (TPSA) is 88.1 Å². The van der Waals surface area contributed by atoms with Crippen LogP contribution in [0.3, 0.4) is 0 Å². The van der Waals surface area contributed by atoms with Crippen LogP contribution in [0.1, 0.15) is 23.1 Å². The fourth-order valence-corrected chi connectivity index (χ4v) is 0.912. The first-order valence-corrected chi connectivity index (χ1v) is 3.96. The first-order chi connectivity index (χ1) is 6.25. The van der Waals surface area contributed by atoms with Gasteiger partial charge in [0.2, 0.25) is 0 Å². The zero-order chi connectivity index (χ0) is 9.68. The van der Waals surface area contributed by atoms with E-state index in [2.05, 4.69) is 15.4 Å². The van der Waals surface area contributed by atoms with Crippen LogP contribution in [-0.4, -0.2) is 39.7 Å². The lowest BCUT2D eigenvalue weighted by Gasteiger charge is -1.97. The van der Waals surface area contributed by atoms with Crippen molar-refractivity contribution in [2.75, 3.05) is 13.2 Å². The van der Waals surface area contributed by atoms with Crippen molar-refractivity contribution < 1.29 is 14.6 Å². The largest absolute Gasteiger partial charge is 0.476 e. The van der Waals surface area contributed by atoms with Crippen LogP contribution in [0.4, 0.5) is 0 Å². The van der Waals surface area contributed by atoms with E-state index in [4.69, 9.17) is 9.84 Å². The minimum Gasteiger partial charge on any atom is -0.476 e. The summed E-state index contributed by atoms with van der Waals surface area (Å²) in [4.78, 5) is 10.6. The number of carbonyl (C=O) groups is 1. The molecule has 0 unspecified atom stereocenters. The number of carboxylic acid groups (broad SMARTS) is 1. The minimum atomic E-state index is -1.07. The van der Waals surface area contributed by atoms with Gasteiger partial charge in [-0.15, -0.1) is 5.10 Å². The number of aromatic carboxylic acids is 1. The molecule has 1 rings (SSSR count). The van der Waals surface area contributed by atoms with E-state index in [0.717, 1.165) is 0 Å². The Bertz CT molecular complexity index is 284. The first-order valence-electron chi connectivity index (χ1n) is 3.96. The Morgan fingerprint density at radius 2 is 2.38 bits per heavy atom. The normalized spacial score (nSPS) is 10.2. The molecular weight excluding hydrogens is 174 g/mol. The fraction of sp³-hybridized carbons (Fsp3) is 0.571. The second kappa shape index (κ2) is 4.56. The third kappa shape index (κ3) is 2.51. The minimum absolute atomic E-state index is 0.0281. The monoisotopic (exact) mass is 185 g/mol. The van der Waals surface area contributed by atoms with Gasteiger partial charge in [0.25, 0.3) is 0 Å². The van der Waals surface area contributed by atoms with Crippen molar-refractivity contribution in [2.45, 2.75) is 13.3 Å². The molecule has 13 heavy (non-hydrogen) atoms. The average Bonchev–Trinajstić information content (AvgIpc) is 2.53. The molecule has 0 saturated carbocycles. The molecule has 1 heterocycles. The maximum Gasteiger partial charge on any atom is 0.358 e. The molecule has 0 bridgehead atoms. The van der Waals surface area contributed by atoms with Crippen molar-refractivity contribution in [3.63, 3.8) is 0 Å². The molecule has 0 atom stereocenters. The van der Waals surface area contributed by atoms with E-state index in [-0.39, 0.29) is 5.69 Å². The SMILES string of the molecule is CCOCCc1n[nH]nc1C(=O)O. The second-order valence-electron chi connectivity index (χ2n) is 2.37. The summed E-state index contributed by atoms with van der Waals surface area (Å²) in [6.45, 7) is 2.95. The van der Waals surface area contributed by atoms with Gasteiger partial charge in [-0.2, -0.15) is 10.3 Å². The first kappa shape index (κ1) is 9.66. The van der Waals surface area contributed by atoms with Crippen LogP contribution in [0.15, 0.2) is 0 Å². The van der Waals surface area contributed by atoms with Gasteiger partial charge in [0.1, 0.15) is 0 Å². The molecule has 6 nitrogen and oxygen atoms in total. The number of aromatic nitrogens is 3. The quantitative estimate of drug-likeness (QED) is 0.634. The highest BCUT2D eigenvalue weighted by Gasteiger charge is 2.13. The Kier molecular flexibility index (Phi) is 3.39. The maximum absolute atomic E-state index is 10.6. The third-order valence-corrected chi connectivity index (χ3v) is 1.51. The molecule has 1 aromatic heterocycles. The Morgan fingerprint density at radius 3 is 3.00 bits per heavy atom. The summed E-state index contributed by atoms with van der Waals surface area (Å²) in [5.74, 6) is -1.07. The Morgan fingerprint density at radius 1 is 1.62 bits per heavy atom. The van der Waals surface area contributed by atoms with Gasteiger partial charge in [0, 0.05) is 13.0 Å². The van der Waals surface area contributed by atoms with Crippen molar-refractivity contribution in [2.24, 2.45) is 0 Å². The molecule has 1 aromatic rings. The lowest BCUT2D eigenvalue weighted by Crippen LogP contribution is -2.05. The van der Waals surface area contributed by atoms with Gasteiger partial charge in [-0.25, -0.2) is 4.79 Å². The maximum atomic E-state index is 10.6. The molecule has 0 amide bonds. The molecule has 6 heteroatoms. The van der Waals surface area contributed by atoms with E-state index < -0.39 is 5.97 Å². The average molecular weight is 185 g/mol. The molecule has 0 fully saturated rings. The molecule has 0 aliphatic heterocycles. The summed E-state index contributed by atoms with van der Waals surface area (Å²) in [5, 5.41) is 18.1. The van der Waals surface area contributed by atoms with Gasteiger partial charge in [-0.3, -0.25) is 0 Å². The van der Waals surface area contributed by atoms with E-state index in [1.54, 1.807) is 0 Å². The van der Waals surface area contributed by atoms with E-state index in [9.17, 15) is 4.79 Å². The zero-order valence-electron chi connectivity index (χ0n) is 7.28. The van der Waals surface area contributed by atoms with Crippen LogP contribution in [-0.2, 0) is 11.2 Å². The third-order valence-electron chi connectivity index (χ3n) is 1.51. The number of ether oxygens (including phenoxy) is 1. The lowest BCUT2D eigenvalue weighted by molar-refractivity contribution is 0.0688. The van der Waals surface area contributed by atoms with Gasteiger partial charge < -0.3 is 9.84 Å². The van der Waals surface area contributed by atoms with Crippen molar-refractivity contribution in [1.82, 2.24) is 15.4 Å². The Balaban J connectivity index is 2.55. The molecule has 0 radical (unpaired) electrons. The van der Waals surface area contributed by atoms with Crippen molar-refractivity contribution >= 4 is 5.97 Å². The number of hydrogen-bond donors (Lipinski definition) is 2. The van der Waals surface area contributed by atoms with Crippen LogP contribution >= 0.6 is 0 Å². The smallest absolute Gasteiger partial charge is 0.358 e. The van der Waals surface area contributed by atoms with E-state index in [1.165, 1.54) is 0 Å². The molecule has 2 N–H and O–H groups in total. The van der Waals surface area contributed by atoms with Gasteiger partial charge in [0.05, 0.1) is 12.3 Å². The highest BCUT2D eigenvalue weighted by Crippen LogP contribution is 2.01. The number of H-pyrrole nitrogens is 1. The molecular formula is C7H11N3O3. The summed E-state index contributed by atoms with van der Waals surface area (Å²) in [6, 6.07) is 0. The number of carboxylic acids is 1. The molecule has 0 aliphatic rings. The summed E-state index contributed by atoms with van der Waals surface area (Å²) in [6.07, 6.45) is 0.464. The standard InChI is InChI=1S/C7H11N3O3/c1-2-13-4-3-5-6(7(11)12)9-10-8-5/h2-4H2,1H3,(H,11,12)(H,8,9,10). The van der Waals surface area contributed by atoms with E-state index >= 15 is 0 Å². The number of rotatable bonds is 5. The van der Waals surface area contributed by atoms with Crippen LogP contribution in [0.25, 0.3) is 0 Å². The fourth-order valence-electron chi connectivity index (χ4n) is 0.912. The van der Waals surface area contributed by atoms with Gasteiger partial charge in [0.15, 0.2) is 5.69 Å². The van der Waals surface area contributed by atoms with Crippen LogP contribution in [0.5, 0.6) is 0 Å². The zero-order valence-corrected chi connectivity index (χ0v) is 7.28. The van der Waals surface area contributed by atoms with Gasteiger partial charge in [-0.1, -0.05) is 0 Å². The molecule has 0 aliphatic carbocycles. The number of nitrogens with one attached hydrogen (secondary N) is 1. The van der Waals surface area contributed by atoms with Gasteiger partial charge in [-0.05, 0) is 6.92 Å². The molecule has 0 aromatic carbocycles.